The molecule has 2 N–H and O–H groups in total. The summed E-state index contributed by atoms with van der Waals surface area (Å²) in [4.78, 5) is 0. The molecule has 0 fully saturated rings. The van der Waals surface area contributed by atoms with Crippen LogP contribution < -0.4 is 5.46 Å². The molecule has 64 valence electrons. The second-order valence-corrected chi connectivity index (χ2v) is 2.47. The molecule has 0 aromatic heterocycles. The minimum absolute atomic E-state index is 0.397. The third-order valence-corrected chi connectivity index (χ3v) is 1.61. The van der Waals surface area contributed by atoms with Gasteiger partial charge >= 0.3 is 7.12 Å². The van der Waals surface area contributed by atoms with Crippen LogP contribution >= 0.6 is 0 Å². The molecule has 0 aliphatic carbocycles. The first kappa shape index (κ1) is 9.52. The summed E-state index contributed by atoms with van der Waals surface area (Å²) in [6.07, 6.45) is 2.83. The molecule has 1 aromatic rings. The smallest absolute Gasteiger partial charge is 0.423 e. The van der Waals surface area contributed by atoms with Gasteiger partial charge in [-0.15, -0.1) is 0 Å². The number of nitriles is 1. The first-order valence-electron chi connectivity index (χ1n) is 3.77. The summed E-state index contributed by atoms with van der Waals surface area (Å²) in [5.74, 6) is 0. The van der Waals surface area contributed by atoms with Crippen molar-refractivity contribution >= 4 is 18.7 Å². The Morgan fingerprint density at radius 1 is 1.31 bits per heavy atom. The lowest BCUT2D eigenvalue weighted by molar-refractivity contribution is 0.425. The maximum atomic E-state index is 8.94. The molecule has 1 rings (SSSR count). The van der Waals surface area contributed by atoms with Crippen molar-refractivity contribution in [1.82, 2.24) is 0 Å². The van der Waals surface area contributed by atoms with Crippen molar-refractivity contribution in [3.8, 4) is 6.07 Å². The van der Waals surface area contributed by atoms with Crippen LogP contribution in [-0.4, -0.2) is 17.2 Å². The van der Waals surface area contributed by atoms with Crippen LogP contribution in [0, 0.1) is 11.3 Å². The summed E-state index contributed by atoms with van der Waals surface area (Å²) in [6, 6.07) is 8.62. The van der Waals surface area contributed by atoms with Crippen LogP contribution in [0.25, 0.3) is 6.08 Å². The number of benzene rings is 1. The van der Waals surface area contributed by atoms with Gasteiger partial charge < -0.3 is 10.0 Å². The van der Waals surface area contributed by atoms with Crippen LogP contribution in [0.2, 0.25) is 0 Å². The Labute approximate surface area is 76.7 Å². The summed E-state index contributed by atoms with van der Waals surface area (Å²) in [6.45, 7) is 0. The van der Waals surface area contributed by atoms with E-state index in [0.29, 0.717) is 11.0 Å². The van der Waals surface area contributed by atoms with Gasteiger partial charge in [0.1, 0.15) is 0 Å². The van der Waals surface area contributed by atoms with Crippen molar-refractivity contribution in [3.63, 3.8) is 0 Å². The molecule has 0 amide bonds. The highest BCUT2D eigenvalue weighted by atomic mass is 16.4. The Hall–Kier alpha value is -1.57. The van der Waals surface area contributed by atoms with Gasteiger partial charge in [-0.2, -0.15) is 5.26 Å². The molecule has 13 heavy (non-hydrogen) atoms. The molecule has 0 spiro atoms. The van der Waals surface area contributed by atoms with E-state index in [4.69, 9.17) is 15.3 Å². The van der Waals surface area contributed by atoms with E-state index in [9.17, 15) is 0 Å². The van der Waals surface area contributed by atoms with Crippen molar-refractivity contribution in [3.05, 3.63) is 35.9 Å². The predicted molar refractivity (Wildman–Crippen MR) is 50.9 cm³/mol. The zero-order chi connectivity index (χ0) is 9.68. The Balaban J connectivity index is 3.06. The van der Waals surface area contributed by atoms with E-state index >= 15 is 0 Å². The van der Waals surface area contributed by atoms with Crippen molar-refractivity contribution in [2.24, 2.45) is 0 Å². The highest BCUT2D eigenvalue weighted by Gasteiger charge is 2.12. The molecule has 4 heteroatoms. The fraction of sp³-hybridized carbons (Fsp3) is 0. The van der Waals surface area contributed by atoms with Gasteiger partial charge in [0.05, 0.1) is 6.07 Å². The van der Waals surface area contributed by atoms with Crippen LogP contribution in [0.1, 0.15) is 5.56 Å². The summed E-state index contributed by atoms with van der Waals surface area (Å²) in [5.41, 5.74) is 1.04. The van der Waals surface area contributed by atoms with Crippen LogP contribution in [0.3, 0.4) is 0 Å². The molecule has 0 saturated heterocycles. The third-order valence-electron chi connectivity index (χ3n) is 1.61. The Morgan fingerprint density at radius 3 is 2.62 bits per heavy atom. The monoisotopic (exact) mass is 173 g/mol. The molecule has 0 atom stereocenters. The first-order valence-corrected chi connectivity index (χ1v) is 3.77. The largest absolute Gasteiger partial charge is 0.489 e. The highest BCUT2D eigenvalue weighted by molar-refractivity contribution is 6.59. The van der Waals surface area contributed by atoms with Gasteiger partial charge in [0.15, 0.2) is 0 Å². The number of hydrogen-bond acceptors (Lipinski definition) is 3. The lowest BCUT2D eigenvalue weighted by atomic mass is 9.77. The Morgan fingerprint density at radius 2 is 2.00 bits per heavy atom. The molecule has 0 radical (unpaired) electrons. The van der Waals surface area contributed by atoms with Crippen molar-refractivity contribution in [2.75, 3.05) is 0 Å². The summed E-state index contributed by atoms with van der Waals surface area (Å²) in [7, 11) is -1.50. The van der Waals surface area contributed by atoms with Gasteiger partial charge in [0.25, 0.3) is 0 Å². The minimum atomic E-state index is -1.50. The average Bonchev–Trinajstić information content (AvgIpc) is 2.15. The zero-order valence-electron chi connectivity index (χ0n) is 6.88. The van der Waals surface area contributed by atoms with Gasteiger partial charge in [-0.25, -0.2) is 0 Å². The van der Waals surface area contributed by atoms with Crippen LogP contribution in [0.5, 0.6) is 0 Å². The predicted octanol–water partition coefficient (Wildman–Crippen LogP) is -0.0968. The number of nitrogens with zero attached hydrogens (tertiary/aromatic N) is 1. The second-order valence-electron chi connectivity index (χ2n) is 2.47. The molecule has 0 aliphatic rings. The van der Waals surface area contributed by atoms with Gasteiger partial charge in [0, 0.05) is 6.08 Å². The molecule has 0 heterocycles. The van der Waals surface area contributed by atoms with Gasteiger partial charge in [0.2, 0.25) is 0 Å². The normalized spacial score (nSPS) is 9.92. The lowest BCUT2D eigenvalue weighted by Gasteiger charge is -2.02. The standard InChI is InChI=1S/C9H8BNO2/c11-7-3-5-8-4-1-2-6-9(8)10(12)13/h1-6,12-13H/b5-3-. The topological polar surface area (TPSA) is 64.2 Å². The van der Waals surface area contributed by atoms with E-state index in [0.717, 1.165) is 0 Å². The second kappa shape index (κ2) is 4.46. The van der Waals surface area contributed by atoms with Gasteiger partial charge in [-0.3, -0.25) is 0 Å². The fourth-order valence-electron chi connectivity index (χ4n) is 1.02. The third kappa shape index (κ3) is 2.44. The van der Waals surface area contributed by atoms with E-state index in [-0.39, 0.29) is 0 Å². The molecule has 0 aliphatic heterocycles. The van der Waals surface area contributed by atoms with E-state index < -0.39 is 7.12 Å². The van der Waals surface area contributed by atoms with E-state index in [1.165, 1.54) is 12.2 Å². The quantitative estimate of drug-likeness (QED) is 0.484. The average molecular weight is 173 g/mol. The molecular weight excluding hydrogens is 165 g/mol. The molecule has 0 bridgehead atoms. The molecule has 3 nitrogen and oxygen atoms in total. The summed E-state index contributed by atoms with van der Waals surface area (Å²) >= 11 is 0. The molecular formula is C9H8BNO2. The summed E-state index contributed by atoms with van der Waals surface area (Å²) in [5, 5.41) is 26.2. The van der Waals surface area contributed by atoms with E-state index in [1.807, 2.05) is 6.07 Å². The SMILES string of the molecule is N#C/C=C\c1ccccc1B(O)O. The lowest BCUT2D eigenvalue weighted by Crippen LogP contribution is -2.31. The van der Waals surface area contributed by atoms with Gasteiger partial charge in [-0.05, 0) is 17.1 Å². The van der Waals surface area contributed by atoms with Crippen LogP contribution in [0.4, 0.5) is 0 Å². The maximum absolute atomic E-state index is 8.94. The zero-order valence-corrected chi connectivity index (χ0v) is 6.88. The van der Waals surface area contributed by atoms with Crippen molar-refractivity contribution in [1.29, 1.82) is 5.26 Å². The number of hydrogen-bond donors (Lipinski definition) is 2. The Kier molecular flexibility index (Phi) is 3.27. The van der Waals surface area contributed by atoms with Crippen LogP contribution in [-0.2, 0) is 0 Å². The molecule has 1 aromatic carbocycles. The first-order chi connectivity index (χ1) is 6.25. The number of allylic oxidation sites excluding steroid dienone is 1. The van der Waals surface area contributed by atoms with Crippen molar-refractivity contribution < 1.29 is 10.0 Å². The minimum Gasteiger partial charge on any atom is -0.423 e. The van der Waals surface area contributed by atoms with Gasteiger partial charge in [-0.1, -0.05) is 24.3 Å². The number of rotatable bonds is 2. The molecule has 0 saturated carbocycles. The van der Waals surface area contributed by atoms with Crippen molar-refractivity contribution in [2.45, 2.75) is 0 Å². The molecule has 0 unspecified atom stereocenters. The van der Waals surface area contributed by atoms with E-state index in [2.05, 4.69) is 0 Å². The van der Waals surface area contributed by atoms with Crippen LogP contribution in [0.15, 0.2) is 30.3 Å². The Bertz CT molecular complexity index is 355. The highest BCUT2D eigenvalue weighted by Crippen LogP contribution is 1.99. The van der Waals surface area contributed by atoms with E-state index in [1.54, 1.807) is 24.3 Å². The fourth-order valence-corrected chi connectivity index (χ4v) is 1.02. The summed E-state index contributed by atoms with van der Waals surface area (Å²) < 4.78 is 0. The maximum Gasteiger partial charge on any atom is 0.489 e.